The minimum atomic E-state index is -10.7. The van der Waals surface area contributed by atoms with Crippen molar-refractivity contribution >= 4 is 17.8 Å². The van der Waals surface area contributed by atoms with Gasteiger partial charge in [-0.3, -0.25) is 4.98 Å². The van der Waals surface area contributed by atoms with Crippen LogP contribution in [0.4, 0.5) is 25.2 Å². The van der Waals surface area contributed by atoms with E-state index in [0.29, 0.717) is 11.5 Å². The molecule has 4 aromatic carbocycles. The molecule has 0 radical (unpaired) electrons. The van der Waals surface area contributed by atoms with E-state index >= 15 is 0 Å². The van der Waals surface area contributed by atoms with Gasteiger partial charge in [0.2, 0.25) is 0 Å². The van der Waals surface area contributed by atoms with Gasteiger partial charge in [0.1, 0.15) is 10.0 Å². The molecule has 1 heterocycles. The second-order valence-corrected chi connectivity index (χ2v) is 14.7. The number of aryl methyl sites for hydroxylation is 2. The molecule has 5 aromatic rings. The van der Waals surface area contributed by atoms with Gasteiger partial charge >= 0.3 is 52.5 Å². The molecule has 0 fully saturated rings. The number of nitrogens with zero attached hydrogens (tertiary/aromatic N) is 2. The van der Waals surface area contributed by atoms with Crippen LogP contribution in [-0.2, 0) is 29.5 Å². The molecule has 0 aliphatic carbocycles. The van der Waals surface area contributed by atoms with Gasteiger partial charge in [0.15, 0.2) is 0 Å². The summed E-state index contributed by atoms with van der Waals surface area (Å²) >= 11 is 0. The molecular weight excluding hydrogens is 797 g/mol. The van der Waals surface area contributed by atoms with Crippen LogP contribution in [0, 0.1) is 21.3 Å². The molecule has 51 heavy (non-hydrogen) atoms. The van der Waals surface area contributed by atoms with E-state index in [4.69, 9.17) is 5.73 Å². The normalized spacial score (nSPS) is 13.3. The molecule has 0 saturated heterocycles. The number of nitrogens with one attached hydrogen (secondary N) is 1. The summed E-state index contributed by atoms with van der Waals surface area (Å²) in [6, 6.07) is 37.7. The van der Waals surface area contributed by atoms with Crippen LogP contribution in [0.25, 0.3) is 10.5 Å². The largest absolute Gasteiger partial charge is 4.00 e. The fourth-order valence-electron chi connectivity index (χ4n) is 3.99. The zero-order valence-electron chi connectivity index (χ0n) is 28.7. The van der Waals surface area contributed by atoms with Crippen molar-refractivity contribution in [3.8, 4) is 0 Å². The number of rotatable bonds is 7. The van der Waals surface area contributed by atoms with E-state index in [2.05, 4.69) is 54.7 Å². The zero-order chi connectivity index (χ0) is 36.8. The van der Waals surface area contributed by atoms with Gasteiger partial charge in [-0.1, -0.05) is 139 Å². The minimum Gasteiger partial charge on any atom is -0.358 e. The molecule has 0 saturated carbocycles. The van der Waals surface area contributed by atoms with Gasteiger partial charge in [0.25, 0.3) is 0 Å². The van der Waals surface area contributed by atoms with Crippen LogP contribution < -0.4 is 0 Å². The third kappa shape index (κ3) is 21.5. The average Bonchev–Trinajstić information content (AvgIpc) is 3.04. The number of hydrogen-bond acceptors (Lipinski definition) is 3. The van der Waals surface area contributed by atoms with Crippen molar-refractivity contribution in [1.82, 2.24) is 4.98 Å². The van der Waals surface area contributed by atoms with E-state index in [1.807, 2.05) is 85.8 Å². The standard InChI is InChI=1S/C21H20N2O2S.C10H14.C5H5N.CH3.F6P.Ru/c1-16-12-14-19(15-13-16)26(24,25)23-21(18-10-6-3-7-11-18)20(22)17-8-4-2-5-9-17;1-8(2)10-6-4-9(3)5-7-10;1-2-4-6-5-3-1;;1-7(2,3,4,5)6;/h2-15,20-22H,1H3;4-8H,1-3H3;1-5H;1H3;;/q-2;;;2*-1;+4. The summed E-state index contributed by atoms with van der Waals surface area (Å²) in [6.45, 7) is 8.44. The zero-order valence-corrected chi connectivity index (χ0v) is 32.1. The Morgan fingerprint density at radius 3 is 1.33 bits per heavy atom. The van der Waals surface area contributed by atoms with Crippen LogP contribution in [0.5, 0.6) is 0 Å². The molecule has 0 aliphatic heterocycles. The first-order valence-corrected chi connectivity index (χ1v) is 18.4. The van der Waals surface area contributed by atoms with Gasteiger partial charge in [-0.05, 0) is 49.6 Å². The Kier molecular flexibility index (Phi) is 18.6. The van der Waals surface area contributed by atoms with Gasteiger partial charge in [-0.15, -0.1) is 12.1 Å². The average molecular weight is 839 g/mol. The second-order valence-electron chi connectivity index (χ2n) is 11.2. The first-order valence-electron chi connectivity index (χ1n) is 14.9. The number of benzene rings is 4. The summed E-state index contributed by atoms with van der Waals surface area (Å²) < 4.78 is 89.0. The van der Waals surface area contributed by atoms with E-state index in [-0.39, 0.29) is 31.8 Å². The van der Waals surface area contributed by atoms with Crippen LogP contribution in [0.3, 0.4) is 0 Å². The number of sulfonamides is 1. The van der Waals surface area contributed by atoms with Gasteiger partial charge in [0.05, 0.1) is 0 Å². The fraction of sp³-hybridized carbons (Fsp3) is 0.189. The molecule has 2 atom stereocenters. The van der Waals surface area contributed by atoms with Crippen molar-refractivity contribution in [3.05, 3.63) is 185 Å². The van der Waals surface area contributed by atoms with Crippen molar-refractivity contribution in [2.75, 3.05) is 0 Å². The molecule has 1 aromatic heterocycles. The van der Waals surface area contributed by atoms with Crippen molar-refractivity contribution in [2.24, 2.45) is 0 Å². The van der Waals surface area contributed by atoms with Crippen LogP contribution in [0.2, 0.25) is 0 Å². The molecule has 0 aliphatic rings. The van der Waals surface area contributed by atoms with Crippen molar-refractivity contribution in [1.29, 1.82) is 0 Å². The molecule has 1 N–H and O–H groups in total. The topological polar surface area (TPSA) is 84.9 Å². The van der Waals surface area contributed by atoms with Gasteiger partial charge in [0, 0.05) is 17.3 Å². The molecule has 5 rings (SSSR count). The monoisotopic (exact) mass is 839 g/mol. The molecule has 5 nitrogen and oxygen atoms in total. The van der Waals surface area contributed by atoms with E-state index < -0.39 is 29.9 Å². The van der Waals surface area contributed by atoms with Gasteiger partial charge in [-0.2, -0.15) is 0 Å². The van der Waals surface area contributed by atoms with Crippen molar-refractivity contribution < 1.29 is 53.1 Å². The third-order valence-corrected chi connectivity index (χ3v) is 7.87. The number of halogens is 6. The molecule has 14 heteroatoms. The smallest absolute Gasteiger partial charge is 0.358 e. The Balaban J connectivity index is 0.000000817. The van der Waals surface area contributed by atoms with Crippen molar-refractivity contribution in [3.63, 3.8) is 0 Å². The van der Waals surface area contributed by atoms with Crippen LogP contribution in [0.1, 0.15) is 59.7 Å². The SMILES string of the molecule is Cc1ccc(C(C)C)cc1.Cc1ccc(S(=O)(=O)[N-]C(c2ccccc2)C([NH-])c2ccccc2)cc1.F[P-](F)(F)(F)(F)F.[CH3-].[Ru+4].c1ccncc1. The third-order valence-electron chi connectivity index (χ3n) is 6.50. The maximum atomic E-state index is 12.8. The van der Waals surface area contributed by atoms with E-state index in [1.165, 1.54) is 11.1 Å². The van der Waals surface area contributed by atoms with Crippen LogP contribution >= 0.6 is 7.81 Å². The Morgan fingerprint density at radius 2 is 0.980 bits per heavy atom. The summed E-state index contributed by atoms with van der Waals surface area (Å²) in [5.74, 6) is 0.653. The van der Waals surface area contributed by atoms with E-state index in [0.717, 1.165) is 11.1 Å². The molecule has 0 bridgehead atoms. The number of aromatic nitrogens is 1. The molecule has 2 unspecified atom stereocenters. The van der Waals surface area contributed by atoms with Crippen molar-refractivity contribution in [2.45, 2.75) is 50.6 Å². The van der Waals surface area contributed by atoms with Gasteiger partial charge in [-0.25, -0.2) is 8.42 Å². The maximum Gasteiger partial charge on any atom is 4.00 e. The first-order chi connectivity index (χ1) is 22.6. The quantitative estimate of drug-likeness (QED) is 0.0708. The summed E-state index contributed by atoms with van der Waals surface area (Å²) in [5.41, 5.74) is 13.8. The predicted octanol–water partition coefficient (Wildman–Crippen LogP) is 13.6. The van der Waals surface area contributed by atoms with E-state index in [1.54, 1.807) is 36.7 Å². The summed E-state index contributed by atoms with van der Waals surface area (Å²) in [7, 11) is -14.5. The molecule has 278 valence electrons. The summed E-state index contributed by atoms with van der Waals surface area (Å²) in [6.07, 6.45) is 3.50. The minimum absolute atomic E-state index is 0. The fourth-order valence-corrected chi connectivity index (χ4v) is 5.14. The number of pyridine rings is 1. The van der Waals surface area contributed by atoms with Crippen LogP contribution in [0.15, 0.2) is 145 Å². The Hall–Kier alpha value is -3.47. The first kappa shape index (κ1) is 47.5. The molecular formula is C37H42F6N3O2PRuS. The van der Waals surface area contributed by atoms with E-state index in [9.17, 15) is 33.6 Å². The number of hydrogen-bond donors (Lipinski definition) is 0. The summed E-state index contributed by atoms with van der Waals surface area (Å²) in [4.78, 5) is 3.93. The molecule has 0 spiro atoms. The maximum absolute atomic E-state index is 12.8. The Bertz CT molecular complexity index is 1750. The van der Waals surface area contributed by atoms with Gasteiger partial charge < -0.3 is 17.9 Å². The van der Waals surface area contributed by atoms with Crippen LogP contribution in [-0.4, -0.2) is 13.4 Å². The Labute approximate surface area is 310 Å². The second kappa shape index (κ2) is 20.0. The molecule has 0 amide bonds. The summed E-state index contributed by atoms with van der Waals surface area (Å²) in [5, 5.41) is 0. The predicted molar refractivity (Wildman–Crippen MR) is 194 cm³/mol. The Morgan fingerprint density at radius 1 is 0.608 bits per heavy atom.